The van der Waals surface area contributed by atoms with Crippen molar-refractivity contribution in [3.05, 3.63) is 35.9 Å². The van der Waals surface area contributed by atoms with Crippen LogP contribution in [0.5, 0.6) is 0 Å². The molecule has 1 atom stereocenters. The summed E-state index contributed by atoms with van der Waals surface area (Å²) in [6.07, 6.45) is 4.12. The molecule has 0 aliphatic carbocycles. The van der Waals surface area contributed by atoms with E-state index in [0.717, 1.165) is 24.9 Å². The first-order chi connectivity index (χ1) is 7.77. The first-order valence-electron chi connectivity index (χ1n) is 6.11. The lowest BCUT2D eigenvalue weighted by atomic mass is 10.0. The second-order valence-electron chi connectivity index (χ2n) is 4.59. The lowest BCUT2D eigenvalue weighted by molar-refractivity contribution is -0.133. The zero-order valence-electron chi connectivity index (χ0n) is 9.86. The Morgan fingerprint density at radius 1 is 1.31 bits per heavy atom. The van der Waals surface area contributed by atoms with Crippen LogP contribution in [-0.2, 0) is 11.2 Å². The molecule has 16 heavy (non-hydrogen) atoms. The van der Waals surface area contributed by atoms with Gasteiger partial charge in [-0.25, -0.2) is 0 Å². The van der Waals surface area contributed by atoms with Crippen LogP contribution in [0.2, 0.25) is 0 Å². The quantitative estimate of drug-likeness (QED) is 0.745. The Morgan fingerprint density at radius 3 is 2.75 bits per heavy atom. The molecule has 1 aromatic rings. The fraction of sp³-hybridized carbons (Fsp3) is 0.500. The number of carbonyl (C=O) groups is 1. The van der Waals surface area contributed by atoms with E-state index in [2.05, 4.69) is 6.92 Å². The number of hydrogen-bond donors (Lipinski definition) is 0. The smallest absolute Gasteiger partial charge is 0.227 e. The van der Waals surface area contributed by atoms with Gasteiger partial charge in [-0.2, -0.15) is 0 Å². The number of hydrogen-bond acceptors (Lipinski definition) is 1. The summed E-state index contributed by atoms with van der Waals surface area (Å²) in [7, 11) is 0. The lowest BCUT2D eigenvalue weighted by Gasteiger charge is -2.33. The zero-order chi connectivity index (χ0) is 11.4. The van der Waals surface area contributed by atoms with E-state index in [9.17, 15) is 4.79 Å². The number of benzene rings is 1. The van der Waals surface area contributed by atoms with E-state index in [1.54, 1.807) is 0 Å². The van der Waals surface area contributed by atoms with Gasteiger partial charge in [0.05, 0.1) is 6.42 Å². The second kappa shape index (κ2) is 5.15. The van der Waals surface area contributed by atoms with Gasteiger partial charge in [-0.05, 0) is 31.7 Å². The topological polar surface area (TPSA) is 20.3 Å². The maximum Gasteiger partial charge on any atom is 0.227 e. The van der Waals surface area contributed by atoms with Gasteiger partial charge in [0, 0.05) is 12.6 Å². The molecule has 1 saturated heterocycles. The molecule has 0 spiro atoms. The van der Waals surface area contributed by atoms with E-state index >= 15 is 0 Å². The Bertz CT molecular complexity index is 347. The highest BCUT2D eigenvalue weighted by Crippen LogP contribution is 2.17. The number of rotatable bonds is 2. The van der Waals surface area contributed by atoms with Crippen molar-refractivity contribution in [3.63, 3.8) is 0 Å². The molecule has 1 heterocycles. The minimum atomic E-state index is 0.276. The first-order valence-corrected chi connectivity index (χ1v) is 6.11. The SMILES string of the molecule is C[C@H]1CCCCN1C(=O)Cc1ccccc1. The summed E-state index contributed by atoms with van der Waals surface area (Å²) in [4.78, 5) is 14.1. The molecule has 1 aliphatic heterocycles. The van der Waals surface area contributed by atoms with E-state index < -0.39 is 0 Å². The highest BCUT2D eigenvalue weighted by molar-refractivity contribution is 5.79. The van der Waals surface area contributed by atoms with Crippen molar-refractivity contribution in [1.29, 1.82) is 0 Å². The van der Waals surface area contributed by atoms with Crippen molar-refractivity contribution in [2.45, 2.75) is 38.6 Å². The van der Waals surface area contributed by atoms with E-state index in [-0.39, 0.29) is 5.91 Å². The maximum atomic E-state index is 12.1. The van der Waals surface area contributed by atoms with Crippen molar-refractivity contribution < 1.29 is 4.79 Å². The fourth-order valence-electron chi connectivity index (χ4n) is 2.34. The zero-order valence-corrected chi connectivity index (χ0v) is 9.86. The van der Waals surface area contributed by atoms with Crippen LogP contribution in [0.3, 0.4) is 0 Å². The third-order valence-electron chi connectivity index (χ3n) is 3.32. The molecule has 1 aliphatic rings. The number of amides is 1. The average Bonchev–Trinajstić information content (AvgIpc) is 2.31. The first kappa shape index (κ1) is 11.2. The van der Waals surface area contributed by atoms with E-state index in [1.807, 2.05) is 35.2 Å². The maximum absolute atomic E-state index is 12.1. The van der Waals surface area contributed by atoms with Crippen molar-refractivity contribution in [3.8, 4) is 0 Å². The third kappa shape index (κ3) is 2.63. The Labute approximate surface area is 97.3 Å². The van der Waals surface area contributed by atoms with Crippen LogP contribution >= 0.6 is 0 Å². The Morgan fingerprint density at radius 2 is 2.06 bits per heavy atom. The molecule has 86 valence electrons. The van der Waals surface area contributed by atoms with Gasteiger partial charge in [-0.1, -0.05) is 30.3 Å². The molecule has 2 heteroatoms. The normalized spacial score (nSPS) is 20.8. The van der Waals surface area contributed by atoms with Crippen LogP contribution in [0.15, 0.2) is 30.3 Å². The molecular formula is C14H19NO. The molecule has 0 aromatic heterocycles. The number of likely N-dealkylation sites (tertiary alicyclic amines) is 1. The number of carbonyl (C=O) groups excluding carboxylic acids is 1. The van der Waals surface area contributed by atoms with Crippen molar-refractivity contribution in [2.75, 3.05) is 6.54 Å². The predicted octanol–water partition coefficient (Wildman–Crippen LogP) is 2.63. The minimum Gasteiger partial charge on any atom is -0.340 e. The largest absolute Gasteiger partial charge is 0.340 e. The van der Waals surface area contributed by atoms with Crippen LogP contribution in [0, 0.1) is 0 Å². The summed E-state index contributed by atoms with van der Waals surface area (Å²) in [6.45, 7) is 3.09. The summed E-state index contributed by atoms with van der Waals surface area (Å²) in [6, 6.07) is 10.4. The van der Waals surface area contributed by atoms with Gasteiger partial charge in [-0.15, -0.1) is 0 Å². The molecule has 0 N–H and O–H groups in total. The Hall–Kier alpha value is -1.31. The molecule has 1 amide bonds. The molecule has 1 fully saturated rings. The summed E-state index contributed by atoms with van der Waals surface area (Å²) in [5.74, 6) is 0.276. The van der Waals surface area contributed by atoms with Gasteiger partial charge in [0.2, 0.25) is 5.91 Å². The van der Waals surface area contributed by atoms with Gasteiger partial charge in [0.25, 0.3) is 0 Å². The Kier molecular flexibility index (Phi) is 3.60. The third-order valence-corrected chi connectivity index (χ3v) is 3.32. The van der Waals surface area contributed by atoms with E-state index in [0.29, 0.717) is 12.5 Å². The molecule has 2 rings (SSSR count). The number of piperidine rings is 1. The molecule has 0 saturated carbocycles. The summed E-state index contributed by atoms with van der Waals surface area (Å²) in [5.41, 5.74) is 1.12. The van der Waals surface area contributed by atoms with Gasteiger partial charge < -0.3 is 4.90 Å². The summed E-state index contributed by atoms with van der Waals surface area (Å²) in [5, 5.41) is 0. The molecule has 0 unspecified atom stereocenters. The predicted molar refractivity (Wildman–Crippen MR) is 65.2 cm³/mol. The molecule has 0 radical (unpaired) electrons. The summed E-state index contributed by atoms with van der Waals surface area (Å²) >= 11 is 0. The van der Waals surface area contributed by atoms with E-state index in [1.165, 1.54) is 6.42 Å². The van der Waals surface area contributed by atoms with Gasteiger partial charge in [-0.3, -0.25) is 4.79 Å². The highest BCUT2D eigenvalue weighted by atomic mass is 16.2. The van der Waals surface area contributed by atoms with Crippen molar-refractivity contribution in [2.24, 2.45) is 0 Å². The molecule has 0 bridgehead atoms. The lowest BCUT2D eigenvalue weighted by Crippen LogP contribution is -2.42. The monoisotopic (exact) mass is 217 g/mol. The Balaban J connectivity index is 1.97. The number of nitrogens with zero attached hydrogens (tertiary/aromatic N) is 1. The minimum absolute atomic E-state index is 0.276. The highest BCUT2D eigenvalue weighted by Gasteiger charge is 2.22. The van der Waals surface area contributed by atoms with Crippen molar-refractivity contribution >= 4 is 5.91 Å². The molecule has 2 nitrogen and oxygen atoms in total. The van der Waals surface area contributed by atoms with Crippen LogP contribution in [-0.4, -0.2) is 23.4 Å². The molecule has 1 aromatic carbocycles. The second-order valence-corrected chi connectivity index (χ2v) is 4.59. The van der Waals surface area contributed by atoms with Gasteiger partial charge in [0.15, 0.2) is 0 Å². The van der Waals surface area contributed by atoms with Crippen LogP contribution in [0.25, 0.3) is 0 Å². The standard InChI is InChI=1S/C14H19NO/c1-12-7-5-6-10-15(12)14(16)11-13-8-3-2-4-9-13/h2-4,8-9,12H,5-7,10-11H2,1H3/t12-/m0/s1. The van der Waals surface area contributed by atoms with Crippen LogP contribution in [0.1, 0.15) is 31.7 Å². The molecular weight excluding hydrogens is 198 g/mol. The van der Waals surface area contributed by atoms with Crippen LogP contribution < -0.4 is 0 Å². The van der Waals surface area contributed by atoms with Gasteiger partial charge >= 0.3 is 0 Å². The summed E-state index contributed by atoms with van der Waals surface area (Å²) < 4.78 is 0. The van der Waals surface area contributed by atoms with E-state index in [4.69, 9.17) is 0 Å². The van der Waals surface area contributed by atoms with Crippen LogP contribution in [0.4, 0.5) is 0 Å². The van der Waals surface area contributed by atoms with Gasteiger partial charge in [0.1, 0.15) is 0 Å². The van der Waals surface area contributed by atoms with Crippen molar-refractivity contribution in [1.82, 2.24) is 4.90 Å². The average molecular weight is 217 g/mol. The fourth-order valence-corrected chi connectivity index (χ4v) is 2.34.